The molecular weight excluding hydrogens is 969 g/mol. The second kappa shape index (κ2) is 19.6. The number of hydrogen-bond donors (Lipinski definition) is 9. The van der Waals surface area contributed by atoms with Gasteiger partial charge in [0.05, 0.1) is 30.4 Å². The van der Waals surface area contributed by atoms with Gasteiger partial charge in [-0.3, -0.25) is 18.7 Å². The number of aliphatic hydroxyl groups excluding tert-OH is 4. The molecule has 9 N–H and O–H groups in total. The van der Waals surface area contributed by atoms with Crippen molar-refractivity contribution in [3.63, 3.8) is 0 Å². The molecule has 8 atom stereocenters. The van der Waals surface area contributed by atoms with Gasteiger partial charge in [-0.25, -0.2) is 29.4 Å². The molecular formula is C40H44N12O16S2. The summed E-state index contributed by atoms with van der Waals surface area (Å²) in [6, 6.07) is 8.47. The number of para-hydroxylation sites is 1. The molecule has 6 aromatic rings. The van der Waals surface area contributed by atoms with Gasteiger partial charge in [0.25, 0.3) is 11.8 Å². The largest absolute Gasteiger partial charge is 0.507 e. The van der Waals surface area contributed by atoms with Crippen LogP contribution in [0, 0.1) is 0 Å². The molecule has 1 saturated carbocycles. The quantitative estimate of drug-likeness (QED) is 0.0449. The third kappa shape index (κ3) is 10.1. The first-order valence-corrected chi connectivity index (χ1v) is 24.4. The average Bonchev–Trinajstić information content (AvgIpc) is 3.60. The van der Waals surface area contributed by atoms with Crippen molar-refractivity contribution in [3.8, 4) is 29.0 Å². The summed E-state index contributed by atoms with van der Waals surface area (Å²) in [4.78, 5) is 51.7. The van der Waals surface area contributed by atoms with Gasteiger partial charge in [0.15, 0.2) is 34.8 Å². The predicted molar refractivity (Wildman–Crippen MR) is 235 cm³/mol. The molecule has 0 spiro atoms. The van der Waals surface area contributed by atoms with Gasteiger partial charge in [0.2, 0.25) is 11.8 Å². The number of nitrogens with zero attached hydrogens (tertiary/aromatic N) is 8. The molecule has 2 aromatic carbocycles. The number of ether oxygens (including phenoxy) is 5. The van der Waals surface area contributed by atoms with Gasteiger partial charge in [-0.15, -0.1) is 0 Å². The molecule has 1 aliphatic carbocycles. The van der Waals surface area contributed by atoms with Crippen molar-refractivity contribution < 1.29 is 75.6 Å². The Kier molecular flexibility index (Phi) is 13.5. The number of carbonyl (C=O) groups excluding carboxylic acids is 2. The van der Waals surface area contributed by atoms with Crippen LogP contribution in [0.5, 0.6) is 29.0 Å². The number of carbonyl (C=O) groups is 2. The van der Waals surface area contributed by atoms with Crippen LogP contribution in [-0.4, -0.2) is 156 Å². The van der Waals surface area contributed by atoms with Gasteiger partial charge in [-0.2, -0.15) is 36.2 Å². The van der Waals surface area contributed by atoms with Crippen LogP contribution in [0.15, 0.2) is 67.8 Å². The molecule has 2 saturated heterocycles. The Morgan fingerprint density at radius 2 is 1.26 bits per heavy atom. The minimum absolute atomic E-state index is 0.0102. The molecule has 0 unspecified atom stereocenters. The lowest BCUT2D eigenvalue weighted by molar-refractivity contribution is -0.0330. The van der Waals surface area contributed by atoms with Crippen LogP contribution in [0.3, 0.4) is 0 Å². The molecule has 4 aromatic heterocycles. The number of imidazole rings is 2. The monoisotopic (exact) mass is 1010 g/mol. The van der Waals surface area contributed by atoms with E-state index in [1.165, 1.54) is 64.8 Å². The number of rotatable bonds is 19. The highest BCUT2D eigenvalue weighted by atomic mass is 32.2. The third-order valence-corrected chi connectivity index (χ3v) is 13.1. The van der Waals surface area contributed by atoms with Crippen molar-refractivity contribution in [2.24, 2.45) is 0 Å². The zero-order valence-electron chi connectivity index (χ0n) is 36.4. The molecule has 2 amide bonds. The summed E-state index contributed by atoms with van der Waals surface area (Å²) >= 11 is 0. The van der Waals surface area contributed by atoms with Gasteiger partial charge >= 0.3 is 20.4 Å². The van der Waals surface area contributed by atoms with Crippen LogP contribution in [-0.2, 0) is 29.9 Å². The lowest BCUT2D eigenvalue weighted by Crippen LogP contribution is -2.45. The van der Waals surface area contributed by atoms with Gasteiger partial charge in [-0.1, -0.05) is 19.1 Å². The Balaban J connectivity index is 0.798. The number of aromatic nitrogens is 8. The number of phenols is 1. The fraction of sp³-hybridized carbons (Fsp3) is 0.400. The van der Waals surface area contributed by atoms with Crippen molar-refractivity contribution >= 4 is 54.6 Å². The van der Waals surface area contributed by atoms with Gasteiger partial charge in [0.1, 0.15) is 72.6 Å². The van der Waals surface area contributed by atoms with Crippen molar-refractivity contribution in [1.82, 2.24) is 57.9 Å². The summed E-state index contributed by atoms with van der Waals surface area (Å²) < 4.78 is 91.5. The molecule has 3 fully saturated rings. The number of benzene rings is 2. The summed E-state index contributed by atoms with van der Waals surface area (Å²) in [5, 5.41) is 53.8. The summed E-state index contributed by atoms with van der Waals surface area (Å²) in [6.45, 7) is 1.02. The summed E-state index contributed by atoms with van der Waals surface area (Å²) in [5.74, 6) is -3.23. The number of phenolic OH excluding ortho intramolecular Hbond substituents is 1. The van der Waals surface area contributed by atoms with E-state index in [9.17, 15) is 52.0 Å². The number of hydrogen-bond acceptors (Lipinski definition) is 22. The molecule has 28 nitrogen and oxygen atoms in total. The molecule has 372 valence electrons. The maximum absolute atomic E-state index is 13.4. The topological polar surface area (TPSA) is 385 Å². The molecule has 3 aliphatic rings. The van der Waals surface area contributed by atoms with E-state index in [-0.39, 0.29) is 51.7 Å². The maximum atomic E-state index is 13.4. The number of fused-ring (bicyclic) bond motifs is 2. The number of amides is 2. The molecule has 70 heavy (non-hydrogen) atoms. The SMILES string of the molecule is CCCOc1ncnc2c1ncn2[C@@H]1O[C@H](CNS(=O)(=O)NC(=O)c2cc(Oc3ccccc3C(=O)NS(=O)(=O)NC[C@H]3O[C@@H](n4cnc5c(OC6CC6)ncnc54)[C@H](O)[C@@H]3O)ccc2O)[C@@H](O)[C@H]1O. The standard InChI is InChI=1S/C40H44N12O16S2/c1-2-11-64-37-27-33(41-15-43-37)51(17-45-27)39-31(56)29(54)26(67-39)14-48-70(62,63)50-36(59)22-12-20(9-10-23(22)53)65-24-6-4-3-5-21(24)35(58)49-69(60,61)47-13-25-30(55)32(57)40(68-25)52-18-46-28-34(52)42-16-44-38(28)66-19-7-8-19/h3-6,9-10,12,15-19,25-26,29-32,39-40,47-48,53-57H,2,7-8,11,13-14H2,1H3,(H,49,58)(H,50,59)/t25-,26-,29-,30-,31-,32-,39-,40-/m1/s1. The highest BCUT2D eigenvalue weighted by molar-refractivity contribution is 7.88. The summed E-state index contributed by atoms with van der Waals surface area (Å²) in [6.07, 6.45) is -3.96. The van der Waals surface area contributed by atoms with Gasteiger partial charge in [-0.05, 0) is 49.6 Å². The second-order valence-corrected chi connectivity index (χ2v) is 19.1. The molecule has 0 radical (unpaired) electrons. The highest BCUT2D eigenvalue weighted by Crippen LogP contribution is 2.36. The van der Waals surface area contributed by atoms with E-state index >= 15 is 0 Å². The van der Waals surface area contributed by atoms with Crippen LogP contribution in [0.2, 0.25) is 0 Å². The Morgan fingerprint density at radius 1 is 0.714 bits per heavy atom. The first-order chi connectivity index (χ1) is 33.5. The lowest BCUT2D eigenvalue weighted by atomic mass is 10.1. The number of nitrogens with one attached hydrogen (secondary N) is 4. The molecule has 9 rings (SSSR count). The minimum atomic E-state index is -4.73. The van der Waals surface area contributed by atoms with Crippen LogP contribution < -0.4 is 33.1 Å². The smallest absolute Gasteiger partial charge is 0.301 e. The van der Waals surface area contributed by atoms with Gasteiger partial charge < -0.3 is 49.2 Å². The van der Waals surface area contributed by atoms with E-state index in [0.717, 1.165) is 25.0 Å². The minimum Gasteiger partial charge on any atom is -0.507 e. The van der Waals surface area contributed by atoms with E-state index in [2.05, 4.69) is 39.3 Å². The van der Waals surface area contributed by atoms with E-state index < -0.39 is 106 Å². The average molecular weight is 1010 g/mol. The van der Waals surface area contributed by atoms with Crippen molar-refractivity contribution in [1.29, 1.82) is 0 Å². The van der Waals surface area contributed by atoms with E-state index in [1.54, 1.807) is 4.72 Å². The molecule has 0 bridgehead atoms. The Morgan fingerprint density at radius 3 is 1.83 bits per heavy atom. The lowest BCUT2D eigenvalue weighted by Gasteiger charge is -2.17. The fourth-order valence-electron chi connectivity index (χ4n) is 7.46. The van der Waals surface area contributed by atoms with Crippen LogP contribution >= 0.6 is 0 Å². The zero-order chi connectivity index (χ0) is 49.5. The Bertz CT molecular complexity index is 3160. The summed E-state index contributed by atoms with van der Waals surface area (Å²) in [7, 11) is -9.41. The fourth-order valence-corrected chi connectivity index (χ4v) is 9.08. The second-order valence-electron chi connectivity index (χ2n) is 16.1. The molecule has 6 heterocycles. The van der Waals surface area contributed by atoms with Crippen molar-refractivity contribution in [2.75, 3.05) is 19.7 Å². The zero-order valence-corrected chi connectivity index (χ0v) is 38.0. The van der Waals surface area contributed by atoms with E-state index in [1.807, 2.05) is 11.6 Å². The number of aromatic hydroxyl groups is 1. The normalized spacial score (nSPS) is 23.7. The maximum Gasteiger partial charge on any atom is 0.301 e. The van der Waals surface area contributed by atoms with Gasteiger partial charge in [0, 0.05) is 13.1 Å². The summed E-state index contributed by atoms with van der Waals surface area (Å²) in [5.41, 5.74) is 0.0724. The number of aliphatic hydroxyl groups is 4. The van der Waals surface area contributed by atoms with Crippen LogP contribution in [0.1, 0.15) is 59.4 Å². The Hall–Kier alpha value is -6.74. The van der Waals surface area contributed by atoms with E-state index in [0.29, 0.717) is 18.5 Å². The van der Waals surface area contributed by atoms with Crippen LogP contribution in [0.4, 0.5) is 0 Å². The van der Waals surface area contributed by atoms with Crippen molar-refractivity contribution in [3.05, 3.63) is 78.9 Å². The van der Waals surface area contributed by atoms with Crippen molar-refractivity contribution in [2.45, 2.75) is 81.4 Å². The first kappa shape index (κ1) is 48.3. The highest BCUT2D eigenvalue weighted by Gasteiger charge is 2.46. The van der Waals surface area contributed by atoms with Crippen LogP contribution in [0.25, 0.3) is 22.3 Å². The first-order valence-electron chi connectivity index (χ1n) is 21.4. The molecule has 30 heteroatoms. The Labute approximate surface area is 396 Å². The third-order valence-electron chi connectivity index (χ3n) is 11.1. The predicted octanol–water partition coefficient (Wildman–Crippen LogP) is -1.44. The molecule has 2 aliphatic heterocycles. The van der Waals surface area contributed by atoms with E-state index in [4.69, 9.17) is 23.7 Å².